The average Bonchev–Trinajstić information content (AvgIpc) is 3.15. The zero-order valence-corrected chi connectivity index (χ0v) is 16.1. The molecule has 1 fully saturated rings. The fourth-order valence-electron chi connectivity index (χ4n) is 3.51. The molecule has 1 amide bonds. The fourth-order valence-corrected chi connectivity index (χ4v) is 3.51. The quantitative estimate of drug-likeness (QED) is 0.774. The van der Waals surface area contributed by atoms with Crippen LogP contribution in [0.25, 0.3) is 11.1 Å². The minimum atomic E-state index is -0.155. The van der Waals surface area contributed by atoms with Crippen molar-refractivity contribution in [2.45, 2.75) is 25.5 Å². The molecule has 2 aromatic rings. The minimum Gasteiger partial charge on any atom is -0.377 e. The molecule has 0 bridgehead atoms. The summed E-state index contributed by atoms with van der Waals surface area (Å²) >= 11 is 0. The molecule has 0 saturated carbocycles. The Morgan fingerprint density at radius 3 is 2.89 bits per heavy atom. The highest BCUT2D eigenvalue weighted by molar-refractivity contribution is 5.96. The molecule has 2 aromatic carbocycles. The molecule has 0 spiro atoms. The Morgan fingerprint density at radius 1 is 1.26 bits per heavy atom. The van der Waals surface area contributed by atoms with Crippen LogP contribution >= 0.6 is 0 Å². The van der Waals surface area contributed by atoms with Gasteiger partial charge in [0.05, 0.1) is 6.10 Å². The van der Waals surface area contributed by atoms with Gasteiger partial charge in [-0.2, -0.15) is 0 Å². The number of anilines is 1. The number of hydrogen-bond acceptors (Lipinski definition) is 4. The van der Waals surface area contributed by atoms with Crippen LogP contribution in [0, 0.1) is 0 Å². The first-order chi connectivity index (χ1) is 13.2. The second kappa shape index (κ2) is 9.65. The monoisotopic (exact) mass is 368 g/mol. The maximum atomic E-state index is 11.9. The normalized spacial score (nSPS) is 16.6. The van der Waals surface area contributed by atoms with Gasteiger partial charge in [-0.05, 0) is 43.1 Å². The molecule has 5 nitrogen and oxygen atoms in total. The Labute approximate surface area is 161 Å². The first-order valence-electron chi connectivity index (χ1n) is 9.43. The van der Waals surface area contributed by atoms with Crippen molar-refractivity contribution in [3.63, 3.8) is 0 Å². The van der Waals surface area contributed by atoms with Crippen molar-refractivity contribution in [1.82, 2.24) is 4.90 Å². The summed E-state index contributed by atoms with van der Waals surface area (Å²) in [4.78, 5) is 14.2. The van der Waals surface area contributed by atoms with Crippen molar-refractivity contribution in [2.75, 3.05) is 39.2 Å². The van der Waals surface area contributed by atoms with Gasteiger partial charge in [0, 0.05) is 38.1 Å². The topological polar surface area (TPSA) is 50.8 Å². The number of hydrogen-bond donors (Lipinski definition) is 1. The zero-order valence-electron chi connectivity index (χ0n) is 16.1. The summed E-state index contributed by atoms with van der Waals surface area (Å²) in [6, 6.07) is 16.3. The summed E-state index contributed by atoms with van der Waals surface area (Å²) in [7, 11) is 3.65. The molecule has 0 aliphatic carbocycles. The van der Waals surface area contributed by atoms with Crippen LogP contribution in [0.4, 0.5) is 5.69 Å². The van der Waals surface area contributed by atoms with Gasteiger partial charge in [0.2, 0.25) is 5.91 Å². The number of rotatable bonds is 8. The molecule has 1 aliphatic heterocycles. The second-order valence-corrected chi connectivity index (χ2v) is 7.06. The lowest BCUT2D eigenvalue weighted by Crippen LogP contribution is -2.28. The average molecular weight is 368 g/mol. The van der Waals surface area contributed by atoms with E-state index in [2.05, 4.69) is 41.5 Å². The second-order valence-electron chi connectivity index (χ2n) is 7.06. The van der Waals surface area contributed by atoms with E-state index >= 15 is 0 Å². The van der Waals surface area contributed by atoms with Gasteiger partial charge in [0.25, 0.3) is 0 Å². The number of ether oxygens (including phenoxy) is 2. The predicted molar refractivity (Wildman–Crippen MR) is 108 cm³/mol. The van der Waals surface area contributed by atoms with E-state index in [4.69, 9.17) is 9.47 Å². The number of likely N-dealkylation sites (N-methyl/N-ethyl adjacent to an activating group) is 1. The summed E-state index contributed by atoms with van der Waals surface area (Å²) in [5.41, 5.74) is 4.13. The number of carbonyl (C=O) groups excluding carboxylic acids is 1. The summed E-state index contributed by atoms with van der Waals surface area (Å²) < 4.78 is 10.6. The Morgan fingerprint density at radius 2 is 2.11 bits per heavy atom. The minimum absolute atomic E-state index is 0.0441. The van der Waals surface area contributed by atoms with Gasteiger partial charge in [-0.3, -0.25) is 9.69 Å². The van der Waals surface area contributed by atoms with Gasteiger partial charge in [0.15, 0.2) is 0 Å². The number of nitrogens with zero attached hydrogens (tertiary/aromatic N) is 1. The molecule has 144 valence electrons. The third kappa shape index (κ3) is 5.63. The molecule has 0 aromatic heterocycles. The number of benzene rings is 2. The standard InChI is InChI=1S/C22H28N2O3/c1-24(15-19-9-6-12-27-19)14-17-7-5-8-18(13-17)20-10-3-4-11-21(20)23-22(25)16-26-2/h3-5,7-8,10-11,13,19H,6,9,12,14-16H2,1-2H3,(H,23,25). The van der Waals surface area contributed by atoms with Crippen LogP contribution in [0.1, 0.15) is 18.4 Å². The van der Waals surface area contributed by atoms with E-state index < -0.39 is 0 Å². The van der Waals surface area contributed by atoms with E-state index in [0.717, 1.165) is 42.9 Å². The zero-order chi connectivity index (χ0) is 19.1. The van der Waals surface area contributed by atoms with Crippen molar-refractivity contribution in [2.24, 2.45) is 0 Å². The summed E-state index contributed by atoms with van der Waals surface area (Å²) in [6.07, 6.45) is 2.67. The van der Waals surface area contributed by atoms with Crippen molar-refractivity contribution in [3.05, 3.63) is 54.1 Å². The maximum absolute atomic E-state index is 11.9. The van der Waals surface area contributed by atoms with Crippen molar-refractivity contribution in [1.29, 1.82) is 0 Å². The van der Waals surface area contributed by atoms with Gasteiger partial charge >= 0.3 is 0 Å². The highest BCUT2D eigenvalue weighted by Crippen LogP contribution is 2.28. The maximum Gasteiger partial charge on any atom is 0.250 e. The summed E-state index contributed by atoms with van der Waals surface area (Å²) in [5, 5.41) is 2.93. The van der Waals surface area contributed by atoms with E-state index in [1.54, 1.807) is 0 Å². The first-order valence-corrected chi connectivity index (χ1v) is 9.43. The summed E-state index contributed by atoms with van der Waals surface area (Å²) in [5.74, 6) is -0.155. The molecule has 1 atom stereocenters. The molecule has 0 radical (unpaired) electrons. The van der Waals surface area contributed by atoms with Gasteiger partial charge in [-0.25, -0.2) is 0 Å². The van der Waals surface area contributed by atoms with Crippen LogP contribution in [0.15, 0.2) is 48.5 Å². The van der Waals surface area contributed by atoms with Gasteiger partial charge in [0.1, 0.15) is 6.61 Å². The molecule has 1 saturated heterocycles. The largest absolute Gasteiger partial charge is 0.377 e. The number of amides is 1. The number of carbonyl (C=O) groups is 1. The van der Waals surface area contributed by atoms with E-state index in [9.17, 15) is 4.79 Å². The number of nitrogens with one attached hydrogen (secondary N) is 1. The molecular formula is C22H28N2O3. The molecule has 1 N–H and O–H groups in total. The molecular weight excluding hydrogens is 340 g/mol. The van der Waals surface area contributed by atoms with E-state index in [1.807, 2.05) is 24.3 Å². The number of para-hydroxylation sites is 1. The SMILES string of the molecule is COCC(=O)Nc1ccccc1-c1cccc(CN(C)CC2CCCO2)c1. The summed E-state index contributed by atoms with van der Waals surface area (Å²) in [6.45, 7) is 2.75. The molecule has 3 rings (SSSR count). The first kappa shape index (κ1) is 19.5. The lowest BCUT2D eigenvalue weighted by atomic mass is 10.0. The van der Waals surface area contributed by atoms with Crippen molar-refractivity contribution >= 4 is 11.6 Å². The van der Waals surface area contributed by atoms with Crippen LogP contribution in [-0.4, -0.2) is 50.8 Å². The van der Waals surface area contributed by atoms with Gasteiger partial charge < -0.3 is 14.8 Å². The molecule has 5 heteroatoms. The molecule has 27 heavy (non-hydrogen) atoms. The van der Waals surface area contributed by atoms with E-state index in [-0.39, 0.29) is 12.5 Å². The highest BCUT2D eigenvalue weighted by Gasteiger charge is 2.17. The Kier molecular flexibility index (Phi) is 6.98. The molecule has 1 heterocycles. The highest BCUT2D eigenvalue weighted by atomic mass is 16.5. The Bertz CT molecular complexity index is 757. The molecule has 1 aliphatic rings. The van der Waals surface area contributed by atoms with E-state index in [1.165, 1.54) is 19.1 Å². The van der Waals surface area contributed by atoms with Crippen LogP contribution in [0.2, 0.25) is 0 Å². The third-order valence-corrected chi connectivity index (χ3v) is 4.71. The van der Waals surface area contributed by atoms with Crippen LogP contribution in [0.3, 0.4) is 0 Å². The van der Waals surface area contributed by atoms with E-state index in [0.29, 0.717) is 6.10 Å². The van der Waals surface area contributed by atoms with Crippen LogP contribution < -0.4 is 5.32 Å². The van der Waals surface area contributed by atoms with Gasteiger partial charge in [-0.1, -0.05) is 36.4 Å². The smallest absolute Gasteiger partial charge is 0.250 e. The lowest BCUT2D eigenvalue weighted by Gasteiger charge is -2.21. The lowest BCUT2D eigenvalue weighted by molar-refractivity contribution is -0.119. The van der Waals surface area contributed by atoms with Crippen molar-refractivity contribution in [3.8, 4) is 11.1 Å². The Balaban J connectivity index is 1.72. The van der Waals surface area contributed by atoms with Crippen LogP contribution in [0.5, 0.6) is 0 Å². The number of methoxy groups -OCH3 is 1. The van der Waals surface area contributed by atoms with Gasteiger partial charge in [-0.15, -0.1) is 0 Å². The van der Waals surface area contributed by atoms with Crippen LogP contribution in [-0.2, 0) is 20.8 Å². The molecule has 1 unspecified atom stereocenters. The predicted octanol–water partition coefficient (Wildman–Crippen LogP) is 3.55. The Hall–Kier alpha value is -2.21. The fraction of sp³-hybridized carbons (Fsp3) is 0.409. The third-order valence-electron chi connectivity index (χ3n) is 4.71. The van der Waals surface area contributed by atoms with Crippen molar-refractivity contribution < 1.29 is 14.3 Å².